The number of aromatic nitrogens is 2. The van der Waals surface area contributed by atoms with E-state index in [-0.39, 0.29) is 22.1 Å². The second-order valence-corrected chi connectivity index (χ2v) is 5.87. The van der Waals surface area contributed by atoms with Crippen molar-refractivity contribution in [2.24, 2.45) is 0 Å². The molecular weight excluding hydrogens is 343 g/mol. The van der Waals surface area contributed by atoms with Crippen molar-refractivity contribution in [2.45, 2.75) is 31.9 Å². The molecule has 4 nitrogen and oxygen atoms in total. The normalized spacial score (nSPS) is 14.2. The Balaban J connectivity index is 1.97. The van der Waals surface area contributed by atoms with Gasteiger partial charge in [-0.25, -0.2) is 9.97 Å². The zero-order valence-corrected chi connectivity index (χ0v) is 13.2. The minimum absolute atomic E-state index is 0.129. The van der Waals surface area contributed by atoms with E-state index in [1.807, 2.05) is 0 Å². The Bertz CT molecular complexity index is 793. The number of fused-ring (bicyclic) bond motifs is 1. The van der Waals surface area contributed by atoms with Crippen LogP contribution in [0.1, 0.15) is 40.2 Å². The van der Waals surface area contributed by atoms with Gasteiger partial charge in [-0.2, -0.15) is 13.2 Å². The summed E-state index contributed by atoms with van der Waals surface area (Å²) in [7, 11) is 0. The highest BCUT2D eigenvalue weighted by Crippen LogP contribution is 2.35. The summed E-state index contributed by atoms with van der Waals surface area (Å²) in [5.74, 6) is -1.00. The largest absolute Gasteiger partial charge is 0.433 e. The van der Waals surface area contributed by atoms with Crippen molar-refractivity contribution in [2.75, 3.05) is 5.32 Å². The fraction of sp³-hybridized carbons (Fsp3) is 0.312. The third-order valence-corrected chi connectivity index (χ3v) is 4.13. The van der Waals surface area contributed by atoms with Gasteiger partial charge in [0.1, 0.15) is 0 Å². The molecule has 0 bridgehead atoms. The predicted octanol–water partition coefficient (Wildman–Crippen LogP) is 4.28. The van der Waals surface area contributed by atoms with Crippen molar-refractivity contribution < 1.29 is 18.0 Å². The summed E-state index contributed by atoms with van der Waals surface area (Å²) in [5, 5.41) is 2.51. The Morgan fingerprint density at radius 3 is 2.54 bits per heavy atom. The van der Waals surface area contributed by atoms with Gasteiger partial charge in [0.25, 0.3) is 5.91 Å². The monoisotopic (exact) mass is 355 g/mol. The predicted molar refractivity (Wildman–Crippen MR) is 83.1 cm³/mol. The van der Waals surface area contributed by atoms with Crippen molar-refractivity contribution >= 4 is 23.5 Å². The lowest BCUT2D eigenvalue weighted by Gasteiger charge is -2.20. The van der Waals surface area contributed by atoms with E-state index in [4.69, 9.17) is 11.6 Å². The number of hydrogen-bond acceptors (Lipinski definition) is 3. The fourth-order valence-electron chi connectivity index (χ4n) is 2.70. The quantitative estimate of drug-likeness (QED) is 0.874. The average Bonchev–Trinajstić information content (AvgIpc) is 2.53. The Hall–Kier alpha value is -2.15. The molecule has 0 saturated carbocycles. The number of carbonyl (C=O) groups is 1. The third kappa shape index (κ3) is 3.36. The molecule has 1 aliphatic rings. The van der Waals surface area contributed by atoms with Crippen molar-refractivity contribution in [3.8, 4) is 0 Å². The number of amides is 1. The molecule has 1 aliphatic carbocycles. The van der Waals surface area contributed by atoms with Crippen LogP contribution in [0, 0.1) is 0 Å². The standard InChI is InChI=1S/C16H13ClF3N3O/c17-11-7-3-1-5-9(11)14(24)23-15-21-12-8-4-2-6-10(12)13(22-15)16(18,19)20/h1,3,5,7H,2,4,6,8H2,(H,21,22,23,24). The Labute approximate surface area is 141 Å². The smallest absolute Gasteiger partial charge is 0.290 e. The van der Waals surface area contributed by atoms with Crippen molar-refractivity contribution in [1.82, 2.24) is 9.97 Å². The van der Waals surface area contributed by atoms with Crippen LogP contribution < -0.4 is 5.32 Å². The van der Waals surface area contributed by atoms with Crippen LogP contribution in [0.4, 0.5) is 19.1 Å². The fourth-order valence-corrected chi connectivity index (χ4v) is 2.92. The van der Waals surface area contributed by atoms with Gasteiger partial charge in [-0.1, -0.05) is 23.7 Å². The average molecular weight is 356 g/mol. The molecule has 24 heavy (non-hydrogen) atoms. The highest BCUT2D eigenvalue weighted by Gasteiger charge is 2.38. The molecule has 2 aromatic rings. The van der Waals surface area contributed by atoms with Gasteiger partial charge in [0.15, 0.2) is 5.69 Å². The highest BCUT2D eigenvalue weighted by molar-refractivity contribution is 6.34. The first-order valence-electron chi connectivity index (χ1n) is 7.39. The van der Waals surface area contributed by atoms with Gasteiger partial charge in [-0.3, -0.25) is 10.1 Å². The molecule has 0 saturated heterocycles. The molecule has 0 aliphatic heterocycles. The maximum absolute atomic E-state index is 13.3. The number of halogens is 4. The lowest BCUT2D eigenvalue weighted by molar-refractivity contribution is -0.142. The van der Waals surface area contributed by atoms with Crippen LogP contribution in [0.3, 0.4) is 0 Å². The maximum Gasteiger partial charge on any atom is 0.433 e. The first kappa shape index (κ1) is 16.7. The molecule has 1 aromatic heterocycles. The maximum atomic E-state index is 13.3. The number of aryl methyl sites for hydroxylation is 1. The molecule has 8 heteroatoms. The van der Waals surface area contributed by atoms with Gasteiger partial charge >= 0.3 is 6.18 Å². The number of alkyl halides is 3. The first-order chi connectivity index (χ1) is 11.4. The number of hydrogen-bond donors (Lipinski definition) is 1. The Kier molecular flexibility index (Phi) is 4.45. The molecule has 1 aromatic carbocycles. The molecule has 1 N–H and O–H groups in total. The van der Waals surface area contributed by atoms with Gasteiger partial charge < -0.3 is 0 Å². The molecular formula is C16H13ClF3N3O. The number of anilines is 1. The lowest BCUT2D eigenvalue weighted by atomic mass is 9.94. The molecule has 126 valence electrons. The molecule has 0 spiro atoms. The van der Waals surface area contributed by atoms with Gasteiger partial charge in [-0.15, -0.1) is 0 Å². The van der Waals surface area contributed by atoms with E-state index >= 15 is 0 Å². The molecule has 0 unspecified atom stereocenters. The second-order valence-electron chi connectivity index (χ2n) is 5.46. The highest BCUT2D eigenvalue weighted by atomic mass is 35.5. The summed E-state index contributed by atoms with van der Waals surface area (Å²) in [6.07, 6.45) is -2.42. The van der Waals surface area contributed by atoms with Gasteiger partial charge in [0, 0.05) is 11.3 Å². The van der Waals surface area contributed by atoms with Crippen molar-refractivity contribution in [3.05, 3.63) is 51.8 Å². The van der Waals surface area contributed by atoms with E-state index in [0.717, 1.165) is 6.42 Å². The van der Waals surface area contributed by atoms with E-state index < -0.39 is 17.8 Å². The summed E-state index contributed by atoms with van der Waals surface area (Å²) in [5.41, 5.74) is -0.349. The third-order valence-electron chi connectivity index (χ3n) is 3.80. The van der Waals surface area contributed by atoms with Crippen LogP contribution in [0.15, 0.2) is 24.3 Å². The lowest BCUT2D eigenvalue weighted by Crippen LogP contribution is -2.22. The summed E-state index contributed by atoms with van der Waals surface area (Å²) in [6, 6.07) is 6.25. The number of nitrogens with zero attached hydrogens (tertiary/aromatic N) is 2. The molecule has 0 fully saturated rings. The van der Waals surface area contributed by atoms with Crippen LogP contribution in [0.2, 0.25) is 5.02 Å². The number of carbonyl (C=O) groups excluding carboxylic acids is 1. The van der Waals surface area contributed by atoms with Crippen molar-refractivity contribution in [3.63, 3.8) is 0 Å². The molecule has 0 atom stereocenters. The van der Waals surface area contributed by atoms with Crippen LogP contribution >= 0.6 is 11.6 Å². The Morgan fingerprint density at radius 1 is 1.12 bits per heavy atom. The van der Waals surface area contributed by atoms with E-state index in [0.29, 0.717) is 25.0 Å². The SMILES string of the molecule is O=C(Nc1nc2c(c(C(F)(F)F)n1)CCCC2)c1ccccc1Cl. The number of nitrogens with one attached hydrogen (secondary N) is 1. The minimum Gasteiger partial charge on any atom is -0.290 e. The first-order valence-corrected chi connectivity index (χ1v) is 7.77. The minimum atomic E-state index is -4.59. The van der Waals surface area contributed by atoms with Crippen LogP contribution in [0.5, 0.6) is 0 Å². The molecule has 3 rings (SSSR count). The molecule has 0 radical (unpaired) electrons. The zero-order chi connectivity index (χ0) is 17.3. The number of rotatable bonds is 2. The van der Waals surface area contributed by atoms with Gasteiger partial charge in [0.05, 0.1) is 10.6 Å². The van der Waals surface area contributed by atoms with Crippen LogP contribution in [0.25, 0.3) is 0 Å². The molecule has 1 heterocycles. The van der Waals surface area contributed by atoms with E-state index in [1.54, 1.807) is 12.1 Å². The van der Waals surface area contributed by atoms with Gasteiger partial charge in [-0.05, 0) is 37.8 Å². The van der Waals surface area contributed by atoms with E-state index in [9.17, 15) is 18.0 Å². The summed E-state index contributed by atoms with van der Waals surface area (Å²) in [6.45, 7) is 0. The zero-order valence-electron chi connectivity index (χ0n) is 12.5. The molecule has 1 amide bonds. The van der Waals surface area contributed by atoms with E-state index in [1.165, 1.54) is 12.1 Å². The second kappa shape index (κ2) is 6.39. The van der Waals surface area contributed by atoms with Crippen LogP contribution in [-0.4, -0.2) is 15.9 Å². The summed E-state index contributed by atoms with van der Waals surface area (Å²) < 4.78 is 39.8. The summed E-state index contributed by atoms with van der Waals surface area (Å²) >= 11 is 5.92. The number of benzene rings is 1. The van der Waals surface area contributed by atoms with Crippen molar-refractivity contribution in [1.29, 1.82) is 0 Å². The van der Waals surface area contributed by atoms with E-state index in [2.05, 4.69) is 15.3 Å². The summed E-state index contributed by atoms with van der Waals surface area (Å²) in [4.78, 5) is 19.8. The van der Waals surface area contributed by atoms with Gasteiger partial charge in [0.2, 0.25) is 5.95 Å². The topological polar surface area (TPSA) is 54.9 Å². The van der Waals surface area contributed by atoms with Crippen LogP contribution in [-0.2, 0) is 19.0 Å². The Morgan fingerprint density at radius 2 is 1.83 bits per heavy atom.